The summed E-state index contributed by atoms with van der Waals surface area (Å²) in [5.41, 5.74) is 0. The Kier molecular flexibility index (Phi) is 5.43. The number of rotatable bonds is 5. The Labute approximate surface area is 67.2 Å². The molecule has 0 spiro atoms. The maximum absolute atomic E-state index is 10.8. The van der Waals surface area contributed by atoms with Crippen molar-refractivity contribution in [1.82, 2.24) is 5.32 Å². The van der Waals surface area contributed by atoms with Crippen LogP contribution in [-0.2, 0) is 9.59 Å². The molecule has 0 saturated heterocycles. The van der Waals surface area contributed by atoms with E-state index in [-0.39, 0.29) is 5.78 Å². The lowest BCUT2D eigenvalue weighted by Crippen LogP contribution is -2.27. The zero-order valence-electron chi connectivity index (χ0n) is 7.14. The van der Waals surface area contributed by atoms with Gasteiger partial charge in [-0.3, -0.25) is 9.59 Å². The predicted molar refractivity (Wildman–Crippen MR) is 43.2 cm³/mol. The normalized spacial score (nSPS) is 9.27. The molecule has 0 saturated carbocycles. The average molecular weight is 157 g/mol. The predicted octanol–water partition coefficient (Wildman–Crippen LogP) is 0.882. The number of carbonyl (C=O) groups excluding carboxylic acids is 2. The van der Waals surface area contributed by atoms with E-state index in [1.165, 1.54) is 7.05 Å². The molecule has 0 aliphatic heterocycles. The summed E-state index contributed by atoms with van der Waals surface area (Å²) in [5.74, 6) is -0.776. The number of ketones is 1. The lowest BCUT2D eigenvalue weighted by Gasteiger charge is -1.97. The fraction of sp³-hybridized carbons (Fsp3) is 0.750. The third-order valence-electron chi connectivity index (χ3n) is 1.49. The first kappa shape index (κ1) is 10.1. The monoisotopic (exact) mass is 157 g/mol. The molecule has 0 aromatic rings. The van der Waals surface area contributed by atoms with Gasteiger partial charge < -0.3 is 5.32 Å². The number of carbonyl (C=O) groups is 2. The highest BCUT2D eigenvalue weighted by Crippen LogP contribution is 1.99. The fourth-order valence-electron chi connectivity index (χ4n) is 0.789. The number of likely N-dealkylation sites (N-methyl/N-ethyl adjacent to an activating group) is 1. The van der Waals surface area contributed by atoms with Gasteiger partial charge in [0.05, 0.1) is 0 Å². The maximum Gasteiger partial charge on any atom is 0.287 e. The second-order valence-electron chi connectivity index (χ2n) is 2.46. The molecule has 0 heterocycles. The molecule has 0 unspecified atom stereocenters. The Hall–Kier alpha value is -0.860. The highest BCUT2D eigenvalue weighted by atomic mass is 16.2. The first-order chi connectivity index (χ1) is 5.22. The average Bonchev–Trinajstić information content (AvgIpc) is 2.03. The smallest absolute Gasteiger partial charge is 0.287 e. The van der Waals surface area contributed by atoms with Crippen molar-refractivity contribution >= 4 is 11.7 Å². The first-order valence-corrected chi connectivity index (χ1v) is 3.97. The highest BCUT2D eigenvalue weighted by Gasteiger charge is 2.09. The summed E-state index contributed by atoms with van der Waals surface area (Å²) in [6.45, 7) is 2.06. The number of amides is 1. The minimum Gasteiger partial charge on any atom is -0.353 e. The second-order valence-corrected chi connectivity index (χ2v) is 2.46. The van der Waals surface area contributed by atoms with Gasteiger partial charge >= 0.3 is 0 Å². The minimum atomic E-state index is -0.471. The number of unbranched alkanes of at least 4 members (excludes halogenated alkanes) is 2. The van der Waals surface area contributed by atoms with Gasteiger partial charge in [0, 0.05) is 13.5 Å². The Morgan fingerprint density at radius 2 is 1.91 bits per heavy atom. The Morgan fingerprint density at radius 3 is 2.36 bits per heavy atom. The first-order valence-electron chi connectivity index (χ1n) is 3.97. The van der Waals surface area contributed by atoms with Gasteiger partial charge in [-0.25, -0.2) is 0 Å². The molecule has 0 rings (SSSR count). The van der Waals surface area contributed by atoms with E-state index in [9.17, 15) is 9.59 Å². The van der Waals surface area contributed by atoms with Crippen LogP contribution in [0.4, 0.5) is 0 Å². The van der Waals surface area contributed by atoms with Crippen molar-refractivity contribution in [3.8, 4) is 0 Å². The molecule has 11 heavy (non-hydrogen) atoms. The van der Waals surface area contributed by atoms with Crippen LogP contribution in [0.3, 0.4) is 0 Å². The van der Waals surface area contributed by atoms with Crippen LogP contribution in [0.25, 0.3) is 0 Å². The molecule has 3 nitrogen and oxygen atoms in total. The van der Waals surface area contributed by atoms with Crippen LogP contribution >= 0.6 is 0 Å². The fourth-order valence-corrected chi connectivity index (χ4v) is 0.789. The summed E-state index contributed by atoms with van der Waals surface area (Å²) in [4.78, 5) is 21.5. The summed E-state index contributed by atoms with van der Waals surface area (Å²) in [6.07, 6.45) is 3.29. The zero-order valence-corrected chi connectivity index (χ0v) is 7.14. The lowest BCUT2D eigenvalue weighted by molar-refractivity contribution is -0.137. The molecule has 0 aliphatic rings. The van der Waals surface area contributed by atoms with Gasteiger partial charge in [0.1, 0.15) is 0 Å². The van der Waals surface area contributed by atoms with Crippen molar-refractivity contribution in [1.29, 1.82) is 0 Å². The largest absolute Gasteiger partial charge is 0.353 e. The third kappa shape index (κ3) is 4.53. The van der Waals surface area contributed by atoms with Crippen molar-refractivity contribution in [2.24, 2.45) is 0 Å². The molecule has 64 valence electrons. The van der Waals surface area contributed by atoms with Gasteiger partial charge in [-0.15, -0.1) is 0 Å². The summed E-state index contributed by atoms with van der Waals surface area (Å²) in [7, 11) is 1.47. The standard InChI is InChI=1S/C8H15NO2/c1-3-4-5-6-7(10)8(11)9-2/h3-6H2,1-2H3,(H,9,11). The minimum absolute atomic E-state index is 0.305. The van der Waals surface area contributed by atoms with E-state index in [1.54, 1.807) is 0 Å². The van der Waals surface area contributed by atoms with Crippen molar-refractivity contribution in [3.63, 3.8) is 0 Å². The summed E-state index contributed by atoms with van der Waals surface area (Å²) in [6, 6.07) is 0. The van der Waals surface area contributed by atoms with E-state index in [2.05, 4.69) is 12.2 Å². The molecule has 3 heteroatoms. The van der Waals surface area contributed by atoms with Crippen LogP contribution < -0.4 is 5.32 Å². The SMILES string of the molecule is CCCCCC(=O)C(=O)NC. The lowest BCUT2D eigenvalue weighted by atomic mass is 10.1. The number of Topliss-reactive ketones (excluding diaryl/α,β-unsaturated/α-hetero) is 1. The van der Waals surface area contributed by atoms with E-state index < -0.39 is 5.91 Å². The van der Waals surface area contributed by atoms with Crippen molar-refractivity contribution in [2.45, 2.75) is 32.6 Å². The van der Waals surface area contributed by atoms with Crippen molar-refractivity contribution < 1.29 is 9.59 Å². The van der Waals surface area contributed by atoms with Crippen LogP contribution in [0, 0.1) is 0 Å². The molecule has 0 bridgehead atoms. The summed E-state index contributed by atoms with van der Waals surface area (Å²) in [5, 5.41) is 2.30. The van der Waals surface area contributed by atoms with Crippen LogP contribution in [0.5, 0.6) is 0 Å². The molecule has 0 aromatic heterocycles. The van der Waals surface area contributed by atoms with Crippen molar-refractivity contribution in [2.75, 3.05) is 7.05 Å². The van der Waals surface area contributed by atoms with Crippen LogP contribution in [0.2, 0.25) is 0 Å². The molecule has 1 amide bonds. The van der Waals surface area contributed by atoms with E-state index in [0.29, 0.717) is 6.42 Å². The van der Waals surface area contributed by atoms with Gasteiger partial charge in [-0.2, -0.15) is 0 Å². The Bertz CT molecular complexity index is 143. The van der Waals surface area contributed by atoms with Gasteiger partial charge in [-0.1, -0.05) is 19.8 Å². The van der Waals surface area contributed by atoms with Gasteiger partial charge in [0.25, 0.3) is 5.91 Å². The number of nitrogens with one attached hydrogen (secondary N) is 1. The molecular formula is C8H15NO2. The van der Waals surface area contributed by atoms with Crippen molar-refractivity contribution in [3.05, 3.63) is 0 Å². The van der Waals surface area contributed by atoms with E-state index in [4.69, 9.17) is 0 Å². The van der Waals surface area contributed by atoms with E-state index in [0.717, 1.165) is 19.3 Å². The molecule has 0 radical (unpaired) electrons. The number of hydrogen-bond donors (Lipinski definition) is 1. The van der Waals surface area contributed by atoms with Crippen LogP contribution in [0.15, 0.2) is 0 Å². The Morgan fingerprint density at radius 1 is 1.27 bits per heavy atom. The summed E-state index contributed by atoms with van der Waals surface area (Å²) < 4.78 is 0. The topological polar surface area (TPSA) is 46.2 Å². The van der Waals surface area contributed by atoms with E-state index in [1.807, 2.05) is 0 Å². The third-order valence-corrected chi connectivity index (χ3v) is 1.49. The van der Waals surface area contributed by atoms with Crippen LogP contribution in [0.1, 0.15) is 32.6 Å². The summed E-state index contributed by atoms with van der Waals surface area (Å²) >= 11 is 0. The Balaban J connectivity index is 3.44. The molecular weight excluding hydrogens is 142 g/mol. The number of hydrogen-bond acceptors (Lipinski definition) is 2. The maximum atomic E-state index is 10.8. The van der Waals surface area contributed by atoms with Gasteiger partial charge in [0.15, 0.2) is 0 Å². The zero-order chi connectivity index (χ0) is 8.69. The molecule has 0 fully saturated rings. The van der Waals surface area contributed by atoms with Gasteiger partial charge in [-0.05, 0) is 6.42 Å². The molecule has 1 N–H and O–H groups in total. The second kappa shape index (κ2) is 5.89. The van der Waals surface area contributed by atoms with E-state index >= 15 is 0 Å². The van der Waals surface area contributed by atoms with Gasteiger partial charge in [0.2, 0.25) is 5.78 Å². The molecule has 0 aromatic carbocycles. The van der Waals surface area contributed by atoms with Crippen LogP contribution in [-0.4, -0.2) is 18.7 Å². The highest BCUT2D eigenvalue weighted by molar-refractivity contribution is 6.36. The molecule has 0 atom stereocenters. The molecule has 0 aliphatic carbocycles. The quantitative estimate of drug-likeness (QED) is 0.475.